The number of fused-ring (bicyclic) bond motifs is 1. The molecular weight excluding hydrogens is 304 g/mol. The number of benzene rings is 1. The molecular formula is C18H16N4O2. The van der Waals surface area contributed by atoms with Crippen LogP contribution in [0.5, 0.6) is 0 Å². The highest BCUT2D eigenvalue weighted by molar-refractivity contribution is 5.73. The van der Waals surface area contributed by atoms with Gasteiger partial charge in [-0.1, -0.05) is 24.1 Å². The third-order valence-electron chi connectivity index (χ3n) is 4.29. The van der Waals surface area contributed by atoms with Gasteiger partial charge >= 0.3 is 0 Å². The maximum atomic E-state index is 12.4. The molecule has 3 aromatic rings. The number of nitrogens with one attached hydrogen (secondary N) is 1. The topological polar surface area (TPSA) is 72.8 Å². The predicted molar refractivity (Wildman–Crippen MR) is 89.8 cm³/mol. The van der Waals surface area contributed by atoms with Crippen molar-refractivity contribution in [2.45, 2.75) is 18.9 Å². The summed E-state index contributed by atoms with van der Waals surface area (Å²) in [6.07, 6.45) is 8.46. The zero-order valence-electron chi connectivity index (χ0n) is 13.0. The Morgan fingerprint density at radius 3 is 3.08 bits per heavy atom. The number of hydrogen-bond acceptors (Lipinski definition) is 4. The van der Waals surface area contributed by atoms with E-state index in [4.69, 9.17) is 11.2 Å². The molecule has 0 saturated carbocycles. The lowest BCUT2D eigenvalue weighted by molar-refractivity contribution is 0.185. The van der Waals surface area contributed by atoms with Crippen molar-refractivity contribution in [3.63, 3.8) is 0 Å². The van der Waals surface area contributed by atoms with Crippen LogP contribution < -0.4 is 5.56 Å². The Kier molecular flexibility index (Phi) is 3.63. The number of terminal acetylenes is 1. The van der Waals surface area contributed by atoms with E-state index in [-0.39, 0.29) is 11.6 Å². The first-order valence-electron chi connectivity index (χ1n) is 7.85. The third-order valence-corrected chi connectivity index (χ3v) is 4.29. The van der Waals surface area contributed by atoms with Crippen LogP contribution in [0.25, 0.3) is 11.0 Å². The highest BCUT2D eigenvalue weighted by Gasteiger charge is 2.22. The predicted octanol–water partition coefficient (Wildman–Crippen LogP) is 1.65. The standard InChI is InChI=1S/C18H16N4O2/c1-2-12-5-3-4-6-13(12)9-16-20-17-15(18(23)21-16)10-19-22(17)14-7-8-24-11-14/h1,3-6,10,14H,7-9,11H2,(H,20,21,23). The Bertz CT molecular complexity index is 990. The van der Waals surface area contributed by atoms with Gasteiger partial charge in [0.2, 0.25) is 0 Å². The largest absolute Gasteiger partial charge is 0.379 e. The van der Waals surface area contributed by atoms with Gasteiger partial charge in [0.15, 0.2) is 5.65 Å². The van der Waals surface area contributed by atoms with Crippen molar-refractivity contribution in [1.82, 2.24) is 19.7 Å². The van der Waals surface area contributed by atoms with Gasteiger partial charge in [0.05, 0.1) is 18.8 Å². The first-order valence-corrected chi connectivity index (χ1v) is 7.85. The minimum atomic E-state index is -0.182. The maximum Gasteiger partial charge on any atom is 0.262 e. The van der Waals surface area contributed by atoms with Gasteiger partial charge in [-0.15, -0.1) is 6.42 Å². The lowest BCUT2D eigenvalue weighted by Gasteiger charge is -2.10. The van der Waals surface area contributed by atoms with E-state index >= 15 is 0 Å². The molecule has 1 aliphatic rings. The van der Waals surface area contributed by atoms with Gasteiger partial charge in [0.25, 0.3) is 5.56 Å². The molecule has 6 heteroatoms. The minimum absolute atomic E-state index is 0.127. The van der Waals surface area contributed by atoms with E-state index in [2.05, 4.69) is 21.0 Å². The van der Waals surface area contributed by atoms with Gasteiger partial charge in [-0.3, -0.25) is 4.79 Å². The lowest BCUT2D eigenvalue weighted by atomic mass is 10.0. The molecule has 0 amide bonds. The van der Waals surface area contributed by atoms with Crippen molar-refractivity contribution in [3.05, 3.63) is 57.8 Å². The molecule has 0 radical (unpaired) electrons. The second-order valence-corrected chi connectivity index (χ2v) is 5.83. The molecule has 0 aliphatic carbocycles. The molecule has 1 unspecified atom stereocenters. The van der Waals surface area contributed by atoms with Crippen LogP contribution in [0.2, 0.25) is 0 Å². The summed E-state index contributed by atoms with van der Waals surface area (Å²) in [5, 5.41) is 4.84. The van der Waals surface area contributed by atoms with Gasteiger partial charge in [-0.25, -0.2) is 9.67 Å². The van der Waals surface area contributed by atoms with Gasteiger partial charge in [0.1, 0.15) is 11.2 Å². The quantitative estimate of drug-likeness (QED) is 0.745. The molecule has 1 saturated heterocycles. The van der Waals surface area contributed by atoms with E-state index in [1.54, 1.807) is 10.9 Å². The summed E-state index contributed by atoms with van der Waals surface area (Å²) in [5.41, 5.74) is 2.18. The van der Waals surface area contributed by atoms with E-state index in [9.17, 15) is 4.79 Å². The average Bonchev–Trinajstić information content (AvgIpc) is 3.24. The number of aromatic amines is 1. The fraction of sp³-hybridized carbons (Fsp3) is 0.278. The van der Waals surface area contributed by atoms with Crippen LogP contribution in [0, 0.1) is 12.3 Å². The number of aromatic nitrogens is 4. The zero-order valence-corrected chi connectivity index (χ0v) is 13.0. The molecule has 1 atom stereocenters. The molecule has 1 N–H and O–H groups in total. The van der Waals surface area contributed by atoms with Crippen molar-refractivity contribution in [1.29, 1.82) is 0 Å². The Morgan fingerprint density at radius 1 is 1.42 bits per heavy atom. The smallest absolute Gasteiger partial charge is 0.262 e. The van der Waals surface area contributed by atoms with Gasteiger partial charge in [0, 0.05) is 18.6 Å². The SMILES string of the molecule is C#Cc1ccccc1Cc1nc2c(cnn2C2CCOC2)c(=O)[nH]1. The molecule has 1 aromatic carbocycles. The lowest BCUT2D eigenvalue weighted by Crippen LogP contribution is -2.16. The summed E-state index contributed by atoms with van der Waals surface area (Å²) in [6, 6.07) is 7.77. The summed E-state index contributed by atoms with van der Waals surface area (Å²) in [4.78, 5) is 19.8. The van der Waals surface area contributed by atoms with E-state index in [0.717, 1.165) is 17.5 Å². The van der Waals surface area contributed by atoms with Crippen molar-refractivity contribution in [2.24, 2.45) is 0 Å². The van der Waals surface area contributed by atoms with Crippen molar-refractivity contribution >= 4 is 11.0 Å². The Balaban J connectivity index is 1.78. The van der Waals surface area contributed by atoms with Crippen LogP contribution in [0.1, 0.15) is 29.4 Å². The summed E-state index contributed by atoms with van der Waals surface area (Å²) in [5.74, 6) is 3.24. The molecule has 3 heterocycles. The first kappa shape index (κ1) is 14.7. The van der Waals surface area contributed by atoms with Crippen LogP contribution in [0.3, 0.4) is 0 Å². The van der Waals surface area contributed by atoms with Gasteiger partial charge in [-0.2, -0.15) is 5.10 Å². The van der Waals surface area contributed by atoms with Crippen molar-refractivity contribution in [2.75, 3.05) is 13.2 Å². The number of nitrogens with zero attached hydrogens (tertiary/aromatic N) is 3. The summed E-state index contributed by atoms with van der Waals surface area (Å²) in [7, 11) is 0. The van der Waals surface area contributed by atoms with Crippen molar-refractivity contribution < 1.29 is 4.74 Å². The van der Waals surface area contributed by atoms with E-state index in [0.29, 0.717) is 36.5 Å². The monoisotopic (exact) mass is 320 g/mol. The van der Waals surface area contributed by atoms with Gasteiger partial charge in [-0.05, 0) is 18.1 Å². The molecule has 4 rings (SSSR count). The average molecular weight is 320 g/mol. The van der Waals surface area contributed by atoms with Crippen LogP contribution >= 0.6 is 0 Å². The van der Waals surface area contributed by atoms with Crippen molar-refractivity contribution in [3.8, 4) is 12.3 Å². The number of rotatable bonds is 3. The highest BCUT2D eigenvalue weighted by atomic mass is 16.5. The normalized spacial score (nSPS) is 17.2. The Labute approximate surface area is 138 Å². The molecule has 120 valence electrons. The minimum Gasteiger partial charge on any atom is -0.379 e. The van der Waals surface area contributed by atoms with E-state index in [1.807, 2.05) is 24.3 Å². The molecule has 24 heavy (non-hydrogen) atoms. The number of H-pyrrole nitrogens is 1. The molecule has 0 bridgehead atoms. The van der Waals surface area contributed by atoms with E-state index in [1.165, 1.54) is 0 Å². The number of ether oxygens (including phenoxy) is 1. The van der Waals surface area contributed by atoms with Crippen LogP contribution in [0.4, 0.5) is 0 Å². The number of hydrogen-bond donors (Lipinski definition) is 1. The van der Waals surface area contributed by atoms with Crippen LogP contribution in [-0.2, 0) is 11.2 Å². The highest BCUT2D eigenvalue weighted by Crippen LogP contribution is 2.21. The maximum absolute atomic E-state index is 12.4. The fourth-order valence-electron chi connectivity index (χ4n) is 3.04. The molecule has 2 aromatic heterocycles. The molecule has 6 nitrogen and oxygen atoms in total. The van der Waals surface area contributed by atoms with E-state index < -0.39 is 0 Å². The summed E-state index contributed by atoms with van der Waals surface area (Å²) >= 11 is 0. The first-order chi connectivity index (χ1) is 11.8. The van der Waals surface area contributed by atoms with Gasteiger partial charge < -0.3 is 9.72 Å². The van der Waals surface area contributed by atoms with Crippen LogP contribution in [0.15, 0.2) is 35.3 Å². The second kappa shape index (κ2) is 5.95. The summed E-state index contributed by atoms with van der Waals surface area (Å²) in [6.45, 7) is 1.30. The Hall–Kier alpha value is -2.91. The molecule has 1 fully saturated rings. The zero-order chi connectivity index (χ0) is 16.5. The summed E-state index contributed by atoms with van der Waals surface area (Å²) < 4.78 is 7.22. The molecule has 0 spiro atoms. The fourth-order valence-corrected chi connectivity index (χ4v) is 3.04. The Morgan fingerprint density at radius 2 is 2.29 bits per heavy atom. The van der Waals surface area contributed by atoms with Crippen LogP contribution in [-0.4, -0.2) is 33.0 Å². The molecule has 1 aliphatic heterocycles. The second-order valence-electron chi connectivity index (χ2n) is 5.83. The third kappa shape index (κ3) is 2.49.